The van der Waals surface area contributed by atoms with Crippen molar-refractivity contribution in [2.75, 3.05) is 5.32 Å². The van der Waals surface area contributed by atoms with Crippen LogP contribution in [0.15, 0.2) is 22.7 Å². The molecule has 1 aromatic carbocycles. The number of amides is 1. The number of carbonyl (C=O) groups is 2. The highest BCUT2D eigenvalue weighted by atomic mass is 79.9. The van der Waals surface area contributed by atoms with Crippen LogP contribution in [-0.2, 0) is 4.79 Å². The van der Waals surface area contributed by atoms with Crippen LogP contribution in [0, 0.1) is 11.3 Å². The number of aromatic carboxylic acids is 1. The highest BCUT2D eigenvalue weighted by Gasteiger charge is 2.50. The van der Waals surface area contributed by atoms with Crippen molar-refractivity contribution in [3.05, 3.63) is 28.2 Å². The third-order valence-corrected chi connectivity index (χ3v) is 3.79. The lowest BCUT2D eigenvalue weighted by Crippen LogP contribution is -2.18. The summed E-state index contributed by atoms with van der Waals surface area (Å²) in [5.74, 6) is -1.19. The quantitative estimate of drug-likeness (QED) is 0.901. The van der Waals surface area contributed by atoms with E-state index in [-0.39, 0.29) is 22.8 Å². The number of carbonyl (C=O) groups excluding carboxylic acids is 1. The lowest BCUT2D eigenvalue weighted by Gasteiger charge is -2.10. The molecule has 0 saturated heterocycles. The Kier molecular flexibility index (Phi) is 3.19. The monoisotopic (exact) mass is 311 g/mol. The summed E-state index contributed by atoms with van der Waals surface area (Å²) in [5.41, 5.74) is 0.467. The van der Waals surface area contributed by atoms with Crippen molar-refractivity contribution in [2.45, 2.75) is 20.3 Å². The van der Waals surface area contributed by atoms with E-state index in [1.54, 1.807) is 12.1 Å². The molecule has 0 spiro atoms. The fourth-order valence-corrected chi connectivity index (χ4v) is 2.30. The fraction of sp³-hybridized carbons (Fsp3) is 0.385. The number of halogens is 1. The van der Waals surface area contributed by atoms with Crippen molar-refractivity contribution in [2.24, 2.45) is 11.3 Å². The van der Waals surface area contributed by atoms with E-state index in [2.05, 4.69) is 21.2 Å². The molecule has 5 heteroatoms. The van der Waals surface area contributed by atoms with E-state index in [1.807, 2.05) is 13.8 Å². The molecule has 1 saturated carbocycles. The lowest BCUT2D eigenvalue weighted by molar-refractivity contribution is -0.118. The van der Waals surface area contributed by atoms with Crippen LogP contribution >= 0.6 is 15.9 Å². The number of hydrogen-bond acceptors (Lipinski definition) is 2. The molecule has 1 aliphatic carbocycles. The van der Waals surface area contributed by atoms with E-state index in [4.69, 9.17) is 5.11 Å². The third-order valence-electron chi connectivity index (χ3n) is 3.30. The Labute approximate surface area is 114 Å². The van der Waals surface area contributed by atoms with Crippen LogP contribution < -0.4 is 5.32 Å². The number of hydrogen-bond donors (Lipinski definition) is 2. The minimum Gasteiger partial charge on any atom is -0.478 e. The molecule has 2 N–H and O–H groups in total. The summed E-state index contributed by atoms with van der Waals surface area (Å²) in [6, 6.07) is 4.72. The largest absolute Gasteiger partial charge is 0.478 e. The molecular weight excluding hydrogens is 298 g/mol. The van der Waals surface area contributed by atoms with Crippen LogP contribution in [0.2, 0.25) is 0 Å². The summed E-state index contributed by atoms with van der Waals surface area (Å²) in [7, 11) is 0. The number of benzene rings is 1. The molecule has 0 heterocycles. The standard InChI is InChI=1S/C13H14BrNO3/c1-13(2)6-9(13)11(16)15-10-5-7(14)3-4-8(10)12(17)18/h3-5,9H,6H2,1-2H3,(H,15,16)(H,17,18). The lowest BCUT2D eigenvalue weighted by atomic mass is 10.1. The number of rotatable bonds is 3. The summed E-state index contributed by atoms with van der Waals surface area (Å²) in [5, 5.41) is 11.8. The van der Waals surface area contributed by atoms with Crippen LogP contribution in [-0.4, -0.2) is 17.0 Å². The van der Waals surface area contributed by atoms with E-state index in [0.717, 1.165) is 10.9 Å². The molecule has 1 aliphatic rings. The molecule has 0 radical (unpaired) electrons. The Balaban J connectivity index is 2.21. The van der Waals surface area contributed by atoms with Crippen LogP contribution in [0.1, 0.15) is 30.6 Å². The first kappa shape index (κ1) is 13.1. The second-order valence-corrected chi connectivity index (χ2v) is 6.15. The highest BCUT2D eigenvalue weighted by molar-refractivity contribution is 9.10. The molecule has 96 valence electrons. The minimum absolute atomic E-state index is 0.0273. The molecule has 1 atom stereocenters. The first-order valence-corrected chi connectivity index (χ1v) is 6.44. The molecule has 1 unspecified atom stereocenters. The van der Waals surface area contributed by atoms with E-state index in [9.17, 15) is 9.59 Å². The predicted molar refractivity (Wildman–Crippen MR) is 71.6 cm³/mol. The van der Waals surface area contributed by atoms with Gasteiger partial charge in [0, 0.05) is 10.4 Å². The molecule has 0 aliphatic heterocycles. The normalized spacial score (nSPS) is 20.3. The van der Waals surface area contributed by atoms with Crippen molar-refractivity contribution >= 4 is 33.5 Å². The summed E-state index contributed by atoms with van der Waals surface area (Å²) >= 11 is 3.27. The van der Waals surface area contributed by atoms with Gasteiger partial charge in [-0.2, -0.15) is 0 Å². The number of carboxylic acid groups (broad SMARTS) is 1. The van der Waals surface area contributed by atoms with Gasteiger partial charge < -0.3 is 10.4 Å². The van der Waals surface area contributed by atoms with Crippen molar-refractivity contribution in [3.63, 3.8) is 0 Å². The molecule has 1 aromatic rings. The zero-order valence-corrected chi connectivity index (χ0v) is 11.7. The first-order chi connectivity index (χ1) is 8.31. The van der Waals surface area contributed by atoms with Crippen LogP contribution in [0.3, 0.4) is 0 Å². The van der Waals surface area contributed by atoms with Gasteiger partial charge in [0.1, 0.15) is 0 Å². The van der Waals surface area contributed by atoms with Gasteiger partial charge >= 0.3 is 5.97 Å². The van der Waals surface area contributed by atoms with E-state index in [0.29, 0.717) is 5.69 Å². The van der Waals surface area contributed by atoms with Crippen LogP contribution in [0.25, 0.3) is 0 Å². The Morgan fingerprint density at radius 1 is 1.44 bits per heavy atom. The average molecular weight is 312 g/mol. The van der Waals surface area contributed by atoms with Gasteiger partial charge in [0.25, 0.3) is 0 Å². The Morgan fingerprint density at radius 2 is 2.06 bits per heavy atom. The van der Waals surface area contributed by atoms with Crippen molar-refractivity contribution in [3.8, 4) is 0 Å². The molecule has 1 fully saturated rings. The smallest absolute Gasteiger partial charge is 0.337 e. The Morgan fingerprint density at radius 3 is 2.56 bits per heavy atom. The van der Waals surface area contributed by atoms with Gasteiger partial charge in [-0.15, -0.1) is 0 Å². The van der Waals surface area contributed by atoms with E-state index >= 15 is 0 Å². The van der Waals surface area contributed by atoms with Crippen molar-refractivity contribution < 1.29 is 14.7 Å². The van der Waals surface area contributed by atoms with E-state index < -0.39 is 5.97 Å². The first-order valence-electron chi connectivity index (χ1n) is 5.65. The second-order valence-electron chi connectivity index (χ2n) is 5.23. The average Bonchev–Trinajstić information content (AvgIpc) is 2.87. The molecule has 18 heavy (non-hydrogen) atoms. The Hall–Kier alpha value is -1.36. The summed E-state index contributed by atoms with van der Waals surface area (Å²) in [6.07, 6.45) is 0.843. The molecule has 2 rings (SSSR count). The summed E-state index contributed by atoms with van der Waals surface area (Å²) in [4.78, 5) is 23.0. The highest BCUT2D eigenvalue weighted by Crippen LogP contribution is 2.52. The SMILES string of the molecule is CC1(C)CC1C(=O)Nc1cc(Br)ccc1C(=O)O. The molecular formula is C13H14BrNO3. The summed E-state index contributed by atoms with van der Waals surface area (Å²) in [6.45, 7) is 4.05. The maximum absolute atomic E-state index is 12.0. The van der Waals surface area contributed by atoms with E-state index in [1.165, 1.54) is 6.07 Å². The number of carboxylic acids is 1. The van der Waals surface area contributed by atoms with Gasteiger partial charge in [0.15, 0.2) is 0 Å². The summed E-state index contributed by atoms with van der Waals surface area (Å²) < 4.78 is 0.734. The molecule has 0 aromatic heterocycles. The van der Waals surface area contributed by atoms with Gasteiger partial charge in [-0.3, -0.25) is 4.79 Å². The van der Waals surface area contributed by atoms with Gasteiger partial charge in [-0.25, -0.2) is 4.79 Å². The van der Waals surface area contributed by atoms with Crippen molar-refractivity contribution in [1.29, 1.82) is 0 Å². The zero-order valence-electron chi connectivity index (χ0n) is 10.2. The van der Waals surface area contributed by atoms with Crippen LogP contribution in [0.4, 0.5) is 5.69 Å². The fourth-order valence-electron chi connectivity index (χ4n) is 1.94. The van der Waals surface area contributed by atoms with Gasteiger partial charge in [-0.1, -0.05) is 29.8 Å². The molecule has 1 amide bonds. The predicted octanol–water partition coefficient (Wildman–Crippen LogP) is 3.13. The van der Waals surface area contributed by atoms with Crippen LogP contribution in [0.5, 0.6) is 0 Å². The second kappa shape index (κ2) is 4.39. The topological polar surface area (TPSA) is 66.4 Å². The Bertz CT molecular complexity index is 525. The number of nitrogens with one attached hydrogen (secondary N) is 1. The van der Waals surface area contributed by atoms with Gasteiger partial charge in [0.05, 0.1) is 11.3 Å². The van der Waals surface area contributed by atoms with Gasteiger partial charge in [-0.05, 0) is 30.0 Å². The molecule has 4 nitrogen and oxygen atoms in total. The maximum Gasteiger partial charge on any atom is 0.337 e. The van der Waals surface area contributed by atoms with Gasteiger partial charge in [0.2, 0.25) is 5.91 Å². The maximum atomic E-state index is 12.0. The zero-order chi connectivity index (χ0) is 13.5. The minimum atomic E-state index is -1.05. The third kappa shape index (κ3) is 2.56. The molecule has 0 bridgehead atoms. The van der Waals surface area contributed by atoms with Crippen molar-refractivity contribution in [1.82, 2.24) is 0 Å². The number of anilines is 1.